The number of benzene rings is 1. The minimum Gasteiger partial charge on any atom is -0.481 e. The van der Waals surface area contributed by atoms with E-state index in [-0.39, 0.29) is 24.4 Å². The molecule has 2 aliphatic rings. The monoisotopic (exact) mass is 321 g/mol. The number of carbonyl (C=O) groups is 2. The molecule has 1 aromatic carbocycles. The predicted molar refractivity (Wildman–Crippen MR) is 82.9 cm³/mol. The zero-order valence-electron chi connectivity index (χ0n) is 12.7. The molecule has 2 fully saturated rings. The lowest BCUT2D eigenvalue weighted by Gasteiger charge is -2.22. The molecule has 0 aliphatic carbocycles. The van der Waals surface area contributed by atoms with Crippen molar-refractivity contribution in [2.45, 2.75) is 18.9 Å². The summed E-state index contributed by atoms with van der Waals surface area (Å²) in [4.78, 5) is 26.6. The van der Waals surface area contributed by atoms with Crippen LogP contribution in [-0.2, 0) is 4.79 Å². The van der Waals surface area contributed by atoms with Crippen LogP contribution in [0.15, 0.2) is 24.3 Å². The lowest BCUT2D eigenvalue weighted by molar-refractivity contribution is -0.141. The fraction of sp³-hybridized carbons (Fsp3) is 0.500. The Balaban J connectivity index is 1.53. The summed E-state index contributed by atoms with van der Waals surface area (Å²) in [7, 11) is 0. The summed E-state index contributed by atoms with van der Waals surface area (Å²) in [5.41, 5.74) is 0.552. The second kappa shape index (κ2) is 6.44. The van der Waals surface area contributed by atoms with Gasteiger partial charge in [-0.25, -0.2) is 9.18 Å². The summed E-state index contributed by atoms with van der Waals surface area (Å²) in [6, 6.07) is 6.33. The second-order valence-electron chi connectivity index (χ2n) is 6.10. The van der Waals surface area contributed by atoms with Crippen LogP contribution in [0.1, 0.15) is 12.8 Å². The Bertz CT molecular complexity index is 610. The van der Waals surface area contributed by atoms with Crippen LogP contribution in [0.4, 0.5) is 14.9 Å². The molecule has 0 radical (unpaired) electrons. The van der Waals surface area contributed by atoms with Crippen LogP contribution in [0.25, 0.3) is 0 Å². The van der Waals surface area contributed by atoms with Gasteiger partial charge in [0.1, 0.15) is 5.82 Å². The number of carboxylic acids is 1. The maximum atomic E-state index is 13.8. The summed E-state index contributed by atoms with van der Waals surface area (Å²) >= 11 is 0. The average molecular weight is 321 g/mol. The molecular weight excluding hydrogens is 301 g/mol. The fourth-order valence-corrected chi connectivity index (χ4v) is 3.22. The van der Waals surface area contributed by atoms with Crippen LogP contribution in [-0.4, -0.2) is 54.2 Å². The summed E-state index contributed by atoms with van der Waals surface area (Å²) < 4.78 is 13.8. The topological polar surface area (TPSA) is 72.9 Å². The lowest BCUT2D eigenvalue weighted by Crippen LogP contribution is -2.45. The molecule has 2 aliphatic heterocycles. The summed E-state index contributed by atoms with van der Waals surface area (Å²) in [5, 5.41) is 11.9. The third-order valence-electron chi connectivity index (χ3n) is 4.53. The number of hydrogen-bond donors (Lipinski definition) is 2. The molecule has 6 nitrogen and oxygen atoms in total. The molecule has 0 saturated carbocycles. The standard InChI is InChI=1S/C16H20FN3O3/c17-13-3-1-2-4-14(13)19-8-6-12(10-19)18-16(23)20-7-5-11(9-20)15(21)22/h1-4,11-12H,5-10H2,(H,18,23)(H,21,22). The van der Waals surface area contributed by atoms with Gasteiger partial charge in [-0.15, -0.1) is 0 Å². The van der Waals surface area contributed by atoms with E-state index in [1.807, 2.05) is 4.90 Å². The van der Waals surface area contributed by atoms with Crippen LogP contribution in [0.3, 0.4) is 0 Å². The van der Waals surface area contributed by atoms with Gasteiger partial charge in [0.2, 0.25) is 0 Å². The SMILES string of the molecule is O=C(O)C1CCN(C(=O)NC2CCN(c3ccccc3F)C2)C1. The molecule has 0 bridgehead atoms. The molecule has 2 amide bonds. The molecule has 2 atom stereocenters. The molecule has 23 heavy (non-hydrogen) atoms. The molecule has 1 aromatic rings. The van der Waals surface area contributed by atoms with Crippen LogP contribution < -0.4 is 10.2 Å². The molecule has 2 N–H and O–H groups in total. The molecule has 2 saturated heterocycles. The number of nitrogens with zero attached hydrogens (tertiary/aromatic N) is 2. The maximum absolute atomic E-state index is 13.8. The molecule has 2 heterocycles. The Kier molecular flexibility index (Phi) is 4.36. The predicted octanol–water partition coefficient (Wildman–Crippen LogP) is 1.52. The highest BCUT2D eigenvalue weighted by molar-refractivity contribution is 5.77. The molecule has 3 rings (SSSR count). The number of aliphatic carboxylic acids is 1. The summed E-state index contributed by atoms with van der Waals surface area (Å²) in [5.74, 6) is -1.59. The minimum atomic E-state index is -0.855. The van der Waals surface area contributed by atoms with Gasteiger partial charge in [-0.3, -0.25) is 4.79 Å². The van der Waals surface area contributed by atoms with Crippen molar-refractivity contribution in [2.75, 3.05) is 31.1 Å². The van der Waals surface area contributed by atoms with E-state index in [9.17, 15) is 14.0 Å². The zero-order valence-corrected chi connectivity index (χ0v) is 12.7. The number of likely N-dealkylation sites (tertiary alicyclic amines) is 1. The van der Waals surface area contributed by atoms with Gasteiger partial charge >= 0.3 is 12.0 Å². The van der Waals surface area contributed by atoms with Gasteiger partial charge in [-0.05, 0) is 25.0 Å². The normalized spacial score (nSPS) is 24.0. The Hall–Kier alpha value is -2.31. The lowest BCUT2D eigenvalue weighted by atomic mass is 10.1. The Labute approximate surface area is 133 Å². The molecule has 0 spiro atoms. The number of para-hydroxylation sites is 1. The number of carbonyl (C=O) groups excluding carboxylic acids is 1. The molecule has 124 valence electrons. The highest BCUT2D eigenvalue weighted by atomic mass is 19.1. The van der Waals surface area contributed by atoms with Crippen molar-refractivity contribution in [3.05, 3.63) is 30.1 Å². The van der Waals surface area contributed by atoms with Gasteiger partial charge in [0, 0.05) is 32.2 Å². The quantitative estimate of drug-likeness (QED) is 0.885. The fourth-order valence-electron chi connectivity index (χ4n) is 3.22. The number of urea groups is 1. The first kappa shape index (κ1) is 15.6. The van der Waals surface area contributed by atoms with Gasteiger partial charge in [0.05, 0.1) is 11.6 Å². The highest BCUT2D eigenvalue weighted by Crippen LogP contribution is 2.23. The molecule has 0 aromatic heterocycles. The van der Waals surface area contributed by atoms with E-state index < -0.39 is 11.9 Å². The van der Waals surface area contributed by atoms with E-state index in [2.05, 4.69) is 5.32 Å². The van der Waals surface area contributed by atoms with Gasteiger partial charge in [-0.2, -0.15) is 0 Å². The van der Waals surface area contributed by atoms with Gasteiger partial charge < -0.3 is 20.2 Å². The number of carboxylic acid groups (broad SMARTS) is 1. The summed E-state index contributed by atoms with van der Waals surface area (Å²) in [6.45, 7) is 1.96. The van der Waals surface area contributed by atoms with Gasteiger partial charge in [0.25, 0.3) is 0 Å². The number of amides is 2. The van der Waals surface area contributed by atoms with Crippen LogP contribution in [0.5, 0.6) is 0 Å². The van der Waals surface area contributed by atoms with Crippen LogP contribution in [0.2, 0.25) is 0 Å². The number of rotatable bonds is 3. The zero-order chi connectivity index (χ0) is 16.4. The second-order valence-corrected chi connectivity index (χ2v) is 6.10. The van der Waals surface area contributed by atoms with Crippen molar-refractivity contribution in [3.63, 3.8) is 0 Å². The van der Waals surface area contributed by atoms with Crippen molar-refractivity contribution < 1.29 is 19.1 Å². The molecule has 7 heteroatoms. The van der Waals surface area contributed by atoms with Crippen LogP contribution in [0, 0.1) is 11.7 Å². The van der Waals surface area contributed by atoms with Crippen LogP contribution >= 0.6 is 0 Å². The van der Waals surface area contributed by atoms with Crippen molar-refractivity contribution >= 4 is 17.7 Å². The number of hydrogen-bond acceptors (Lipinski definition) is 3. The number of anilines is 1. The van der Waals surface area contributed by atoms with E-state index in [1.165, 1.54) is 6.07 Å². The first-order valence-electron chi connectivity index (χ1n) is 7.82. The summed E-state index contributed by atoms with van der Waals surface area (Å²) in [6.07, 6.45) is 1.24. The van der Waals surface area contributed by atoms with E-state index in [4.69, 9.17) is 5.11 Å². The molecular formula is C16H20FN3O3. The highest BCUT2D eigenvalue weighted by Gasteiger charge is 2.33. The van der Waals surface area contributed by atoms with Crippen molar-refractivity contribution in [2.24, 2.45) is 5.92 Å². The third kappa shape index (κ3) is 3.38. The average Bonchev–Trinajstić information content (AvgIpc) is 3.16. The Morgan fingerprint density at radius 3 is 2.65 bits per heavy atom. The Morgan fingerprint density at radius 1 is 1.17 bits per heavy atom. The van der Waals surface area contributed by atoms with Crippen molar-refractivity contribution in [3.8, 4) is 0 Å². The van der Waals surface area contributed by atoms with E-state index in [1.54, 1.807) is 23.1 Å². The first-order chi connectivity index (χ1) is 11.0. The third-order valence-corrected chi connectivity index (χ3v) is 4.53. The largest absolute Gasteiger partial charge is 0.481 e. The number of halogens is 1. The van der Waals surface area contributed by atoms with Crippen molar-refractivity contribution in [1.82, 2.24) is 10.2 Å². The Morgan fingerprint density at radius 2 is 1.96 bits per heavy atom. The maximum Gasteiger partial charge on any atom is 0.317 e. The van der Waals surface area contributed by atoms with E-state index in [0.29, 0.717) is 31.7 Å². The van der Waals surface area contributed by atoms with E-state index in [0.717, 1.165) is 6.42 Å². The smallest absolute Gasteiger partial charge is 0.317 e. The van der Waals surface area contributed by atoms with Gasteiger partial charge in [0.15, 0.2) is 0 Å². The molecule has 2 unspecified atom stereocenters. The van der Waals surface area contributed by atoms with Crippen molar-refractivity contribution in [1.29, 1.82) is 0 Å². The van der Waals surface area contributed by atoms with E-state index >= 15 is 0 Å². The first-order valence-corrected chi connectivity index (χ1v) is 7.82. The number of nitrogens with one attached hydrogen (secondary N) is 1. The minimum absolute atomic E-state index is 0.0500. The van der Waals surface area contributed by atoms with Gasteiger partial charge in [-0.1, -0.05) is 12.1 Å².